The van der Waals surface area contributed by atoms with Crippen LogP contribution in [0.3, 0.4) is 0 Å². The van der Waals surface area contributed by atoms with Crippen LogP contribution in [0.1, 0.15) is 12.6 Å². The number of nitrogens with zero attached hydrogens (tertiary/aromatic N) is 4. The Balaban J connectivity index is 1.32. The van der Waals surface area contributed by atoms with Gasteiger partial charge in [0.15, 0.2) is 11.0 Å². The van der Waals surface area contributed by atoms with Crippen LogP contribution in [-0.2, 0) is 22.7 Å². The van der Waals surface area contributed by atoms with E-state index < -0.39 is 0 Å². The van der Waals surface area contributed by atoms with E-state index in [0.29, 0.717) is 5.16 Å². The number of rotatable bonds is 8. The molecule has 0 N–H and O–H groups in total. The molecule has 0 aliphatic heterocycles. The number of carbonyl (C=O) groups excluding carboxylic acids is 1. The SMILES string of the molecule is CCn1c(SCC(=O)OCc2csc(-c3ccccc3)n2)nnc1-c1cccs1. The highest BCUT2D eigenvalue weighted by atomic mass is 32.2. The van der Waals surface area contributed by atoms with Gasteiger partial charge >= 0.3 is 5.97 Å². The van der Waals surface area contributed by atoms with Crippen LogP contribution in [0.25, 0.3) is 21.3 Å². The molecule has 0 aliphatic rings. The predicted molar refractivity (Wildman–Crippen MR) is 117 cm³/mol. The summed E-state index contributed by atoms with van der Waals surface area (Å²) in [5, 5.41) is 14.1. The molecule has 0 bridgehead atoms. The summed E-state index contributed by atoms with van der Waals surface area (Å²) >= 11 is 4.50. The van der Waals surface area contributed by atoms with Gasteiger partial charge in [-0.15, -0.1) is 32.9 Å². The standard InChI is InChI=1S/C20H18N4O2S3/c1-2-24-18(16-9-6-10-27-16)22-23-20(24)29-13-17(25)26-11-15-12-28-19(21-15)14-7-4-3-5-8-14/h3-10,12H,2,11,13H2,1H3. The molecule has 0 saturated carbocycles. The lowest BCUT2D eigenvalue weighted by Gasteiger charge is -2.06. The Kier molecular flexibility index (Phi) is 6.38. The quantitative estimate of drug-likeness (QED) is 0.283. The average Bonchev–Trinajstić information content (AvgIpc) is 3.51. The third-order valence-electron chi connectivity index (χ3n) is 4.05. The minimum absolute atomic E-state index is 0.170. The Morgan fingerprint density at radius 1 is 1.14 bits per heavy atom. The summed E-state index contributed by atoms with van der Waals surface area (Å²) in [6.45, 7) is 2.94. The minimum atomic E-state index is -0.299. The minimum Gasteiger partial charge on any atom is -0.459 e. The van der Waals surface area contributed by atoms with E-state index in [1.165, 1.54) is 11.8 Å². The maximum Gasteiger partial charge on any atom is 0.316 e. The second kappa shape index (κ2) is 9.34. The fraction of sp³-hybridized carbons (Fsp3) is 0.200. The van der Waals surface area contributed by atoms with Crippen molar-refractivity contribution in [2.45, 2.75) is 25.2 Å². The molecular formula is C20H18N4O2S3. The first-order valence-corrected chi connectivity index (χ1v) is 11.7. The van der Waals surface area contributed by atoms with E-state index in [2.05, 4.69) is 15.2 Å². The molecule has 0 fully saturated rings. The Labute approximate surface area is 180 Å². The molecule has 0 radical (unpaired) electrons. The summed E-state index contributed by atoms with van der Waals surface area (Å²) in [7, 11) is 0. The van der Waals surface area contributed by atoms with Gasteiger partial charge in [0.25, 0.3) is 0 Å². The van der Waals surface area contributed by atoms with Gasteiger partial charge in [-0.1, -0.05) is 48.2 Å². The summed E-state index contributed by atoms with van der Waals surface area (Å²) in [5.41, 5.74) is 1.81. The number of esters is 1. The summed E-state index contributed by atoms with van der Waals surface area (Å²) in [6, 6.07) is 14.0. The number of hydrogen-bond donors (Lipinski definition) is 0. The van der Waals surface area contributed by atoms with Crippen LogP contribution >= 0.6 is 34.4 Å². The molecule has 0 unspecified atom stereocenters. The molecule has 0 spiro atoms. The number of ether oxygens (including phenoxy) is 1. The maximum absolute atomic E-state index is 12.2. The maximum atomic E-state index is 12.2. The molecule has 9 heteroatoms. The number of carbonyl (C=O) groups is 1. The van der Waals surface area contributed by atoms with Crippen molar-refractivity contribution < 1.29 is 9.53 Å². The Bertz CT molecular complexity index is 1070. The van der Waals surface area contributed by atoms with Gasteiger partial charge in [-0.05, 0) is 18.4 Å². The second-order valence-corrected chi connectivity index (χ2v) is 8.74. The van der Waals surface area contributed by atoms with E-state index >= 15 is 0 Å². The van der Waals surface area contributed by atoms with Crippen LogP contribution in [0.15, 0.2) is 58.4 Å². The monoisotopic (exact) mass is 442 g/mol. The van der Waals surface area contributed by atoms with Crippen molar-refractivity contribution in [2.24, 2.45) is 0 Å². The van der Waals surface area contributed by atoms with Crippen LogP contribution < -0.4 is 0 Å². The van der Waals surface area contributed by atoms with Crippen molar-refractivity contribution in [1.29, 1.82) is 0 Å². The van der Waals surface area contributed by atoms with Crippen LogP contribution in [0.5, 0.6) is 0 Å². The van der Waals surface area contributed by atoms with Gasteiger partial charge in [0.05, 0.1) is 16.3 Å². The Hall–Kier alpha value is -2.49. The van der Waals surface area contributed by atoms with Gasteiger partial charge in [0.1, 0.15) is 11.6 Å². The molecule has 148 valence electrons. The van der Waals surface area contributed by atoms with Gasteiger partial charge in [0.2, 0.25) is 0 Å². The molecule has 0 saturated heterocycles. The van der Waals surface area contributed by atoms with Crippen molar-refractivity contribution >= 4 is 40.4 Å². The van der Waals surface area contributed by atoms with Crippen molar-refractivity contribution in [1.82, 2.24) is 19.7 Å². The second-order valence-electron chi connectivity index (χ2n) is 5.99. The van der Waals surface area contributed by atoms with Gasteiger partial charge in [-0.25, -0.2) is 4.98 Å². The number of benzene rings is 1. The third kappa shape index (κ3) is 4.75. The molecule has 6 nitrogen and oxygen atoms in total. The number of aromatic nitrogens is 4. The van der Waals surface area contributed by atoms with Crippen molar-refractivity contribution in [3.05, 3.63) is 58.9 Å². The summed E-state index contributed by atoms with van der Waals surface area (Å²) in [5.74, 6) is 0.708. The molecule has 3 heterocycles. The summed E-state index contributed by atoms with van der Waals surface area (Å²) < 4.78 is 7.39. The fourth-order valence-electron chi connectivity index (χ4n) is 2.67. The fourth-order valence-corrected chi connectivity index (χ4v) is 5.00. The Morgan fingerprint density at radius 3 is 2.76 bits per heavy atom. The molecule has 0 aliphatic carbocycles. The Morgan fingerprint density at radius 2 is 2.00 bits per heavy atom. The summed E-state index contributed by atoms with van der Waals surface area (Å²) in [4.78, 5) is 17.8. The number of thiazole rings is 1. The number of thioether (sulfide) groups is 1. The molecule has 29 heavy (non-hydrogen) atoms. The number of thiophene rings is 1. The van der Waals surface area contributed by atoms with Gasteiger partial charge < -0.3 is 9.30 Å². The largest absolute Gasteiger partial charge is 0.459 e. The lowest BCUT2D eigenvalue weighted by molar-refractivity contribution is -0.141. The normalized spacial score (nSPS) is 10.9. The molecule has 0 atom stereocenters. The number of hydrogen-bond acceptors (Lipinski definition) is 8. The zero-order valence-electron chi connectivity index (χ0n) is 15.6. The van der Waals surface area contributed by atoms with E-state index in [4.69, 9.17) is 4.74 Å². The van der Waals surface area contributed by atoms with Crippen molar-refractivity contribution in [3.8, 4) is 21.3 Å². The van der Waals surface area contributed by atoms with E-state index in [1.807, 2.05) is 64.7 Å². The highest BCUT2D eigenvalue weighted by Crippen LogP contribution is 2.27. The first-order chi connectivity index (χ1) is 14.2. The van der Waals surface area contributed by atoms with Crippen LogP contribution in [-0.4, -0.2) is 31.5 Å². The lowest BCUT2D eigenvalue weighted by Crippen LogP contribution is -2.08. The topological polar surface area (TPSA) is 69.9 Å². The molecule has 3 aromatic heterocycles. The van der Waals surface area contributed by atoms with Crippen LogP contribution in [0.4, 0.5) is 0 Å². The predicted octanol–water partition coefficient (Wildman–Crippen LogP) is 4.99. The lowest BCUT2D eigenvalue weighted by atomic mass is 10.2. The van der Waals surface area contributed by atoms with Crippen molar-refractivity contribution in [3.63, 3.8) is 0 Å². The van der Waals surface area contributed by atoms with E-state index in [1.54, 1.807) is 22.7 Å². The highest BCUT2D eigenvalue weighted by Gasteiger charge is 2.16. The van der Waals surface area contributed by atoms with E-state index in [9.17, 15) is 4.79 Å². The van der Waals surface area contributed by atoms with Crippen LogP contribution in [0.2, 0.25) is 0 Å². The zero-order chi connectivity index (χ0) is 20.1. The van der Waals surface area contributed by atoms with E-state index in [-0.39, 0.29) is 18.3 Å². The first kappa shape index (κ1) is 19.8. The highest BCUT2D eigenvalue weighted by molar-refractivity contribution is 7.99. The third-order valence-corrected chi connectivity index (χ3v) is 6.79. The van der Waals surface area contributed by atoms with E-state index in [0.717, 1.165) is 33.5 Å². The smallest absolute Gasteiger partial charge is 0.316 e. The molecule has 0 amide bonds. The average molecular weight is 443 g/mol. The summed E-state index contributed by atoms with van der Waals surface area (Å²) in [6.07, 6.45) is 0. The molecule has 1 aromatic carbocycles. The van der Waals surface area contributed by atoms with Gasteiger partial charge in [-0.3, -0.25) is 4.79 Å². The van der Waals surface area contributed by atoms with Crippen LogP contribution in [0, 0.1) is 0 Å². The molecule has 4 rings (SSSR count). The molecular weight excluding hydrogens is 424 g/mol. The zero-order valence-corrected chi connectivity index (χ0v) is 18.1. The first-order valence-electron chi connectivity index (χ1n) is 9.00. The molecule has 4 aromatic rings. The van der Waals surface area contributed by atoms with Crippen molar-refractivity contribution in [2.75, 3.05) is 5.75 Å². The van der Waals surface area contributed by atoms with Gasteiger partial charge in [-0.2, -0.15) is 0 Å². The van der Waals surface area contributed by atoms with Gasteiger partial charge in [0, 0.05) is 17.5 Å².